The van der Waals surface area contributed by atoms with Gasteiger partial charge in [-0.05, 0) is 67.1 Å². The molecule has 0 saturated heterocycles. The van der Waals surface area contributed by atoms with Crippen LogP contribution in [0.1, 0.15) is 24.0 Å². The van der Waals surface area contributed by atoms with Gasteiger partial charge < -0.3 is 9.47 Å². The molecule has 25 heavy (non-hydrogen) atoms. The highest BCUT2D eigenvalue weighted by atomic mass is 16.5. The summed E-state index contributed by atoms with van der Waals surface area (Å²) in [4.78, 5) is 8.70. The van der Waals surface area contributed by atoms with E-state index in [1.54, 1.807) is 25.7 Å². The summed E-state index contributed by atoms with van der Waals surface area (Å²) in [6.45, 7) is 0. The Morgan fingerprint density at radius 3 is 2.68 bits per heavy atom. The highest BCUT2D eigenvalue weighted by Crippen LogP contribution is 2.36. The molecule has 1 aliphatic carbocycles. The van der Waals surface area contributed by atoms with Gasteiger partial charge in [-0.1, -0.05) is 6.07 Å². The molecule has 0 radical (unpaired) electrons. The Kier molecular flexibility index (Phi) is 4.34. The van der Waals surface area contributed by atoms with Gasteiger partial charge in [0.15, 0.2) is 5.75 Å². The molecule has 2 heterocycles. The van der Waals surface area contributed by atoms with Crippen molar-refractivity contribution in [1.82, 2.24) is 9.97 Å². The van der Waals surface area contributed by atoms with E-state index in [0.29, 0.717) is 5.75 Å². The van der Waals surface area contributed by atoms with Crippen molar-refractivity contribution >= 4 is 0 Å². The first kappa shape index (κ1) is 15.6. The minimum Gasteiger partial charge on any atom is -0.496 e. The van der Waals surface area contributed by atoms with Gasteiger partial charge >= 0.3 is 0 Å². The Labute approximate surface area is 147 Å². The van der Waals surface area contributed by atoms with Crippen molar-refractivity contribution in [3.8, 4) is 28.5 Å². The lowest BCUT2D eigenvalue weighted by Gasteiger charge is -2.17. The summed E-state index contributed by atoms with van der Waals surface area (Å²) in [5, 5.41) is 0. The monoisotopic (exact) mass is 332 g/mol. The van der Waals surface area contributed by atoms with Crippen molar-refractivity contribution < 1.29 is 9.47 Å². The maximum absolute atomic E-state index is 6.18. The Balaban J connectivity index is 1.70. The third-order valence-corrected chi connectivity index (χ3v) is 4.57. The van der Waals surface area contributed by atoms with Crippen LogP contribution in [0.5, 0.6) is 17.2 Å². The first-order valence-corrected chi connectivity index (χ1v) is 8.58. The average Bonchev–Trinajstić information content (AvgIpc) is 2.68. The molecule has 0 bridgehead atoms. The number of aryl methyl sites for hydroxylation is 2. The smallest absolute Gasteiger partial charge is 0.153 e. The number of fused-ring (bicyclic) bond motifs is 1. The van der Waals surface area contributed by atoms with Gasteiger partial charge in [0.25, 0.3) is 0 Å². The molecule has 0 aliphatic heterocycles. The predicted molar refractivity (Wildman–Crippen MR) is 97.2 cm³/mol. The topological polar surface area (TPSA) is 44.2 Å². The van der Waals surface area contributed by atoms with Crippen LogP contribution < -0.4 is 9.47 Å². The van der Waals surface area contributed by atoms with Gasteiger partial charge in [0.2, 0.25) is 0 Å². The second-order valence-electron chi connectivity index (χ2n) is 6.17. The van der Waals surface area contributed by atoms with E-state index in [-0.39, 0.29) is 0 Å². The highest BCUT2D eigenvalue weighted by molar-refractivity contribution is 5.71. The van der Waals surface area contributed by atoms with Gasteiger partial charge in [0, 0.05) is 18.6 Å². The number of aromatic nitrogens is 2. The van der Waals surface area contributed by atoms with Crippen LogP contribution >= 0.6 is 0 Å². The van der Waals surface area contributed by atoms with Gasteiger partial charge in [0.1, 0.15) is 17.2 Å². The third-order valence-electron chi connectivity index (χ3n) is 4.57. The molecule has 1 aromatic carbocycles. The van der Waals surface area contributed by atoms with Crippen LogP contribution in [0.15, 0.2) is 55.0 Å². The van der Waals surface area contributed by atoms with Gasteiger partial charge in [-0.15, -0.1) is 0 Å². The summed E-state index contributed by atoms with van der Waals surface area (Å²) < 4.78 is 11.6. The van der Waals surface area contributed by atoms with Crippen LogP contribution in [0.3, 0.4) is 0 Å². The standard InChI is InChI=1S/C21H20N2O2/c1-24-19-10-12-22-14-18(19)21-20(7-4-11-23-21)25-17-9-8-15-5-2-3-6-16(15)13-17/h4,7-14H,2-3,5-6H2,1H3. The van der Waals surface area contributed by atoms with Gasteiger partial charge in [-0.3, -0.25) is 9.97 Å². The Hall–Kier alpha value is -2.88. The van der Waals surface area contributed by atoms with E-state index in [9.17, 15) is 0 Å². The second-order valence-corrected chi connectivity index (χ2v) is 6.17. The summed E-state index contributed by atoms with van der Waals surface area (Å²) in [5.74, 6) is 2.27. The Morgan fingerprint density at radius 2 is 1.80 bits per heavy atom. The Bertz CT molecular complexity index is 893. The lowest BCUT2D eigenvalue weighted by molar-refractivity contribution is 0.415. The van der Waals surface area contributed by atoms with Gasteiger partial charge in [-0.2, -0.15) is 0 Å². The van der Waals surface area contributed by atoms with Crippen LogP contribution in [0.25, 0.3) is 11.3 Å². The molecule has 4 rings (SSSR count). The molecule has 4 heteroatoms. The number of nitrogens with zero attached hydrogens (tertiary/aromatic N) is 2. The molecule has 0 spiro atoms. The Morgan fingerprint density at radius 1 is 0.920 bits per heavy atom. The van der Waals surface area contributed by atoms with Crippen molar-refractivity contribution in [1.29, 1.82) is 0 Å². The van der Waals surface area contributed by atoms with Crippen LogP contribution in [0.2, 0.25) is 0 Å². The predicted octanol–water partition coefficient (Wildman–Crippen LogP) is 4.82. The maximum Gasteiger partial charge on any atom is 0.153 e. The fraction of sp³-hybridized carbons (Fsp3) is 0.238. The zero-order valence-electron chi connectivity index (χ0n) is 14.2. The van der Waals surface area contributed by atoms with Gasteiger partial charge in [-0.25, -0.2) is 0 Å². The van der Waals surface area contributed by atoms with Crippen LogP contribution in [-0.4, -0.2) is 17.1 Å². The molecule has 0 atom stereocenters. The molecule has 0 amide bonds. The minimum atomic E-state index is 0.699. The molecular formula is C21H20N2O2. The van der Waals surface area contributed by atoms with Crippen molar-refractivity contribution in [2.75, 3.05) is 7.11 Å². The summed E-state index contributed by atoms with van der Waals surface area (Å²) >= 11 is 0. The molecule has 0 fully saturated rings. The van der Waals surface area contributed by atoms with Crippen LogP contribution in [-0.2, 0) is 12.8 Å². The molecule has 0 saturated carbocycles. The number of ether oxygens (including phenoxy) is 2. The number of hydrogen-bond donors (Lipinski definition) is 0. The number of pyridine rings is 2. The first-order valence-electron chi connectivity index (χ1n) is 8.58. The van der Waals surface area contributed by atoms with E-state index in [4.69, 9.17) is 9.47 Å². The zero-order chi connectivity index (χ0) is 17.1. The molecule has 126 valence electrons. The second kappa shape index (κ2) is 6.93. The molecule has 2 aromatic heterocycles. The number of hydrogen-bond acceptors (Lipinski definition) is 4. The van der Waals surface area contributed by atoms with Crippen molar-refractivity contribution in [3.05, 3.63) is 66.1 Å². The summed E-state index contributed by atoms with van der Waals surface area (Å²) in [5.41, 5.74) is 4.39. The van der Waals surface area contributed by atoms with Crippen molar-refractivity contribution in [2.45, 2.75) is 25.7 Å². The number of rotatable bonds is 4. The fourth-order valence-electron chi connectivity index (χ4n) is 3.31. The minimum absolute atomic E-state index is 0.699. The third kappa shape index (κ3) is 3.20. The van der Waals surface area contributed by atoms with E-state index < -0.39 is 0 Å². The quantitative estimate of drug-likeness (QED) is 0.687. The largest absolute Gasteiger partial charge is 0.496 e. The van der Waals surface area contributed by atoms with E-state index in [0.717, 1.165) is 29.2 Å². The fourth-order valence-corrected chi connectivity index (χ4v) is 3.31. The molecule has 0 N–H and O–H groups in total. The van der Waals surface area contributed by atoms with Crippen LogP contribution in [0.4, 0.5) is 0 Å². The highest BCUT2D eigenvalue weighted by Gasteiger charge is 2.15. The normalized spacial score (nSPS) is 13.2. The maximum atomic E-state index is 6.18. The number of methoxy groups -OCH3 is 1. The molecule has 3 aromatic rings. The lowest BCUT2D eigenvalue weighted by Crippen LogP contribution is -2.02. The van der Waals surface area contributed by atoms with E-state index in [1.165, 1.54) is 30.4 Å². The number of benzene rings is 1. The SMILES string of the molecule is COc1ccncc1-c1ncccc1Oc1ccc2c(c1)CCCC2. The lowest BCUT2D eigenvalue weighted by atomic mass is 9.92. The first-order chi connectivity index (χ1) is 12.3. The molecular weight excluding hydrogens is 312 g/mol. The van der Waals surface area contributed by atoms with Crippen molar-refractivity contribution in [2.24, 2.45) is 0 Å². The summed E-state index contributed by atoms with van der Waals surface area (Å²) in [6.07, 6.45) is 10.0. The summed E-state index contributed by atoms with van der Waals surface area (Å²) in [7, 11) is 1.64. The van der Waals surface area contributed by atoms with Crippen molar-refractivity contribution in [3.63, 3.8) is 0 Å². The van der Waals surface area contributed by atoms with E-state index in [1.807, 2.05) is 24.3 Å². The van der Waals surface area contributed by atoms with E-state index in [2.05, 4.69) is 22.1 Å². The molecule has 4 nitrogen and oxygen atoms in total. The molecule has 1 aliphatic rings. The zero-order valence-corrected chi connectivity index (χ0v) is 14.2. The molecule has 0 unspecified atom stereocenters. The van der Waals surface area contributed by atoms with Crippen LogP contribution in [0, 0.1) is 0 Å². The van der Waals surface area contributed by atoms with E-state index >= 15 is 0 Å². The van der Waals surface area contributed by atoms with Gasteiger partial charge in [0.05, 0.1) is 12.7 Å². The summed E-state index contributed by atoms with van der Waals surface area (Å²) in [6, 6.07) is 12.0. The average molecular weight is 332 g/mol.